The van der Waals surface area contributed by atoms with E-state index in [9.17, 15) is 14.4 Å². The van der Waals surface area contributed by atoms with Crippen LogP contribution in [0.25, 0.3) is 10.9 Å². The zero-order chi connectivity index (χ0) is 31.6. The molecule has 0 fully saturated rings. The van der Waals surface area contributed by atoms with Gasteiger partial charge in [0.1, 0.15) is 18.4 Å². The van der Waals surface area contributed by atoms with Gasteiger partial charge in [0.15, 0.2) is 0 Å². The Bertz CT molecular complexity index is 1620. The first-order valence-corrected chi connectivity index (χ1v) is 14.3. The molecule has 11 nitrogen and oxygen atoms in total. The minimum atomic E-state index is -0.770. The number of anilines is 1. The van der Waals surface area contributed by atoms with Gasteiger partial charge < -0.3 is 34.3 Å². The Labute approximate surface area is 256 Å². The average Bonchev–Trinajstić information content (AvgIpc) is 3.00. The number of aromatic nitrogens is 1. The van der Waals surface area contributed by atoms with Crippen molar-refractivity contribution in [3.63, 3.8) is 0 Å². The van der Waals surface area contributed by atoms with Crippen molar-refractivity contribution in [3.05, 3.63) is 99.4 Å². The van der Waals surface area contributed by atoms with Gasteiger partial charge in [-0.05, 0) is 61.5 Å². The van der Waals surface area contributed by atoms with Gasteiger partial charge in [-0.3, -0.25) is 4.79 Å². The van der Waals surface area contributed by atoms with Crippen molar-refractivity contribution in [1.29, 1.82) is 0 Å². The van der Waals surface area contributed by atoms with Gasteiger partial charge in [0.25, 0.3) is 6.01 Å². The number of hydrogen-bond donors (Lipinski definition) is 2. The summed E-state index contributed by atoms with van der Waals surface area (Å²) in [7, 11) is 7.11. The topological polar surface area (TPSA) is 126 Å². The molecule has 44 heavy (non-hydrogen) atoms. The van der Waals surface area contributed by atoms with E-state index in [2.05, 4.69) is 15.6 Å². The zero-order valence-electron chi connectivity index (χ0n) is 25.8. The van der Waals surface area contributed by atoms with E-state index < -0.39 is 17.8 Å². The van der Waals surface area contributed by atoms with Crippen LogP contribution in [-0.2, 0) is 29.0 Å². The number of carbonyl (C=O) groups excluding carboxylic acids is 2. The van der Waals surface area contributed by atoms with Gasteiger partial charge >= 0.3 is 11.7 Å². The molecular formula is C33H39N5O6. The van der Waals surface area contributed by atoms with Gasteiger partial charge in [-0.15, -0.1) is 0 Å². The van der Waals surface area contributed by atoms with Crippen LogP contribution < -0.4 is 21.0 Å². The molecule has 0 radical (unpaired) electrons. The third-order valence-electron chi connectivity index (χ3n) is 7.20. The molecule has 0 aliphatic carbocycles. The van der Waals surface area contributed by atoms with Crippen LogP contribution >= 0.6 is 0 Å². The SMILES string of the molecule is COc1ccc(C[C@H](Nc2nc3ccc(CNC(=O)OCCN(C)C)c(C)c3c(=O)o2)C(=O)N(C)Cc2ccccc2)cc1. The molecule has 0 saturated heterocycles. The number of aryl methyl sites for hydroxylation is 1. The number of rotatable bonds is 13. The molecule has 1 heterocycles. The molecule has 3 aromatic carbocycles. The van der Waals surface area contributed by atoms with Crippen LogP contribution in [-0.4, -0.2) is 74.2 Å². The minimum absolute atomic E-state index is 0.0581. The number of ether oxygens (including phenoxy) is 2. The van der Waals surface area contributed by atoms with Crippen LogP contribution in [0, 0.1) is 6.92 Å². The lowest BCUT2D eigenvalue weighted by molar-refractivity contribution is -0.131. The highest BCUT2D eigenvalue weighted by molar-refractivity contribution is 5.85. The highest BCUT2D eigenvalue weighted by Crippen LogP contribution is 2.21. The van der Waals surface area contributed by atoms with Crippen LogP contribution in [0.15, 0.2) is 75.9 Å². The number of methoxy groups -OCH3 is 1. The lowest BCUT2D eigenvalue weighted by Gasteiger charge is -2.25. The van der Waals surface area contributed by atoms with E-state index >= 15 is 0 Å². The fourth-order valence-corrected chi connectivity index (χ4v) is 4.70. The zero-order valence-corrected chi connectivity index (χ0v) is 25.8. The van der Waals surface area contributed by atoms with Crippen molar-refractivity contribution in [2.75, 3.05) is 46.7 Å². The smallest absolute Gasteiger partial charge is 0.407 e. The fourth-order valence-electron chi connectivity index (χ4n) is 4.70. The van der Waals surface area contributed by atoms with Crippen LogP contribution in [0.2, 0.25) is 0 Å². The summed E-state index contributed by atoms with van der Waals surface area (Å²) in [5.74, 6) is 0.517. The van der Waals surface area contributed by atoms with Crippen molar-refractivity contribution >= 4 is 28.9 Å². The molecule has 232 valence electrons. The van der Waals surface area contributed by atoms with Crippen LogP contribution in [0.3, 0.4) is 0 Å². The molecule has 2 N–H and O–H groups in total. The molecular weight excluding hydrogens is 562 g/mol. The predicted octanol–water partition coefficient (Wildman–Crippen LogP) is 3.97. The van der Waals surface area contributed by atoms with Gasteiger partial charge in [0, 0.05) is 33.1 Å². The number of nitrogens with zero attached hydrogens (tertiary/aromatic N) is 3. The highest BCUT2D eigenvalue weighted by atomic mass is 16.5. The first-order valence-electron chi connectivity index (χ1n) is 14.3. The molecule has 0 spiro atoms. The number of nitrogens with one attached hydrogen (secondary N) is 2. The Hall–Kier alpha value is -4.90. The summed E-state index contributed by atoms with van der Waals surface area (Å²) < 4.78 is 16.0. The van der Waals surface area contributed by atoms with Gasteiger partial charge in [-0.1, -0.05) is 48.5 Å². The normalized spacial score (nSPS) is 11.7. The predicted molar refractivity (Wildman–Crippen MR) is 169 cm³/mol. The molecule has 2 amide bonds. The molecule has 1 atom stereocenters. The molecule has 0 unspecified atom stereocenters. The monoisotopic (exact) mass is 601 g/mol. The Morgan fingerprint density at radius 3 is 2.39 bits per heavy atom. The standard InChI is InChI=1S/C33H39N5O6/c1-22-25(20-34-33(41)43-18-17-37(2)3)13-16-27-29(22)31(40)44-32(35-27)36-28(19-23-11-14-26(42-5)15-12-23)30(39)38(4)21-24-9-7-6-8-10-24/h6-16,28H,17-21H2,1-5H3,(H,34,41)(H,35,36)/t28-/m0/s1. The van der Waals surface area contributed by atoms with E-state index in [1.807, 2.05) is 73.6 Å². The lowest BCUT2D eigenvalue weighted by Crippen LogP contribution is -2.42. The molecule has 4 rings (SSSR count). The number of benzene rings is 3. The van der Waals surface area contributed by atoms with Crippen molar-refractivity contribution in [3.8, 4) is 5.75 Å². The summed E-state index contributed by atoms with van der Waals surface area (Å²) in [5, 5.41) is 6.09. The maximum absolute atomic E-state index is 13.7. The summed E-state index contributed by atoms with van der Waals surface area (Å²) in [5.41, 5.74) is 3.06. The van der Waals surface area contributed by atoms with E-state index in [0.717, 1.165) is 16.7 Å². The molecule has 0 bridgehead atoms. The summed E-state index contributed by atoms with van der Waals surface area (Å²) in [6.45, 7) is 3.24. The van der Waals surface area contributed by atoms with Crippen molar-refractivity contribution in [1.82, 2.24) is 20.1 Å². The minimum Gasteiger partial charge on any atom is -0.497 e. The van der Waals surface area contributed by atoms with Crippen molar-refractivity contribution < 1.29 is 23.5 Å². The quantitative estimate of drug-likeness (QED) is 0.234. The average molecular weight is 602 g/mol. The molecule has 11 heteroatoms. The van der Waals surface area contributed by atoms with Crippen LogP contribution in [0.5, 0.6) is 5.75 Å². The summed E-state index contributed by atoms with van der Waals surface area (Å²) in [6, 6.07) is 19.8. The molecule has 0 aliphatic rings. The van der Waals surface area contributed by atoms with E-state index in [4.69, 9.17) is 13.9 Å². The Balaban J connectivity index is 1.54. The largest absolute Gasteiger partial charge is 0.497 e. The van der Waals surface area contributed by atoms with Crippen LogP contribution in [0.4, 0.5) is 10.8 Å². The van der Waals surface area contributed by atoms with Crippen molar-refractivity contribution in [2.24, 2.45) is 0 Å². The number of amides is 2. The number of carbonyl (C=O) groups is 2. The lowest BCUT2D eigenvalue weighted by atomic mass is 10.0. The van der Waals surface area contributed by atoms with Gasteiger partial charge in [-0.25, -0.2) is 9.59 Å². The Morgan fingerprint density at radius 2 is 1.70 bits per heavy atom. The third-order valence-corrected chi connectivity index (χ3v) is 7.20. The summed E-state index contributed by atoms with van der Waals surface area (Å²) >= 11 is 0. The maximum atomic E-state index is 13.7. The third kappa shape index (κ3) is 8.57. The van der Waals surface area contributed by atoms with E-state index in [0.29, 0.717) is 41.7 Å². The van der Waals surface area contributed by atoms with Crippen molar-refractivity contribution in [2.45, 2.75) is 32.5 Å². The van der Waals surface area contributed by atoms with Gasteiger partial charge in [-0.2, -0.15) is 4.98 Å². The number of alkyl carbamates (subject to hydrolysis) is 1. The second kappa shape index (κ2) is 15.0. The number of likely N-dealkylation sites (N-methyl/N-ethyl adjacent to an activating group) is 2. The second-order valence-electron chi connectivity index (χ2n) is 10.8. The first kappa shape index (κ1) is 32.0. The molecule has 0 aliphatic heterocycles. The Kier molecular flexibility index (Phi) is 10.9. The number of fused-ring (bicyclic) bond motifs is 1. The Morgan fingerprint density at radius 1 is 0.977 bits per heavy atom. The van der Waals surface area contributed by atoms with Gasteiger partial charge in [0.05, 0.1) is 18.0 Å². The summed E-state index contributed by atoms with van der Waals surface area (Å²) in [6.07, 6.45) is -0.222. The maximum Gasteiger partial charge on any atom is 0.407 e. The molecule has 1 aromatic heterocycles. The molecule has 4 aromatic rings. The first-order chi connectivity index (χ1) is 21.1. The highest BCUT2D eigenvalue weighted by Gasteiger charge is 2.25. The fraction of sp³-hybridized carbons (Fsp3) is 0.333. The number of hydrogen-bond acceptors (Lipinski definition) is 9. The molecule has 0 saturated carbocycles. The van der Waals surface area contributed by atoms with Gasteiger partial charge in [0.2, 0.25) is 5.91 Å². The summed E-state index contributed by atoms with van der Waals surface area (Å²) in [4.78, 5) is 47.0. The van der Waals surface area contributed by atoms with E-state index in [-0.39, 0.29) is 25.1 Å². The van der Waals surface area contributed by atoms with Crippen LogP contribution in [0.1, 0.15) is 22.3 Å². The van der Waals surface area contributed by atoms with E-state index in [1.54, 1.807) is 38.1 Å². The van der Waals surface area contributed by atoms with E-state index in [1.165, 1.54) is 0 Å². The second-order valence-corrected chi connectivity index (χ2v) is 10.8.